The fourth-order valence-electron chi connectivity index (χ4n) is 9.95. The number of carboxylic acid groups (broad SMARTS) is 1. The van der Waals surface area contributed by atoms with Crippen LogP contribution < -0.4 is 0 Å². The number of carboxylic acids is 1. The predicted molar refractivity (Wildman–Crippen MR) is 128 cm³/mol. The number of aliphatic hydroxyl groups is 1. The molecule has 0 saturated heterocycles. The molecule has 4 aliphatic carbocycles. The average Bonchev–Trinajstić information content (AvgIpc) is 3.09. The Balaban J connectivity index is 1.70. The van der Waals surface area contributed by atoms with Gasteiger partial charge in [-0.15, -0.1) is 0 Å². The van der Waals surface area contributed by atoms with Gasteiger partial charge in [0.25, 0.3) is 5.92 Å². The quantitative estimate of drug-likeness (QED) is 0.444. The Bertz CT molecular complexity index is 832. The van der Waals surface area contributed by atoms with E-state index in [9.17, 15) is 19.8 Å². The molecule has 0 aliphatic heterocycles. The summed E-state index contributed by atoms with van der Waals surface area (Å²) < 4.78 is 36.7. The third kappa shape index (κ3) is 4.31. The molecule has 4 fully saturated rings. The number of alkyl halides is 2. The van der Waals surface area contributed by atoms with Gasteiger partial charge in [-0.25, -0.2) is 8.78 Å². The highest BCUT2D eigenvalue weighted by Crippen LogP contribution is 2.71. The standard InChI is InChI=1S/C28H44F2O5/c1-15(7-10-21(32)33)18-8-9-19-23-20(11-14-26(18,19)4)27(5)12-6-13-28(29,30)25(27)22(24(23)34)16(2)35-17(3)31/h15-16,18-20,22-25,34H,6-14H2,1-5H3,(H,32,33)/t15?,16?,18-,19+,20+,22+,23+,24-,25+,26-,27-/m1/s1. The number of aliphatic hydroxyl groups excluding tert-OH is 1. The van der Waals surface area contributed by atoms with Crippen molar-refractivity contribution in [3.63, 3.8) is 0 Å². The number of hydrogen-bond donors (Lipinski definition) is 2. The fraction of sp³-hybridized carbons (Fsp3) is 0.929. The summed E-state index contributed by atoms with van der Waals surface area (Å²) in [4.78, 5) is 23.0. The van der Waals surface area contributed by atoms with Crippen molar-refractivity contribution < 1.29 is 33.3 Å². The molecule has 0 heterocycles. The maximum absolute atomic E-state index is 15.6. The number of carbonyl (C=O) groups is 2. The van der Waals surface area contributed by atoms with Crippen molar-refractivity contribution in [1.29, 1.82) is 0 Å². The minimum Gasteiger partial charge on any atom is -0.481 e. The lowest BCUT2D eigenvalue weighted by Crippen LogP contribution is -2.67. The van der Waals surface area contributed by atoms with E-state index in [0.29, 0.717) is 25.2 Å². The van der Waals surface area contributed by atoms with E-state index in [2.05, 4.69) is 13.8 Å². The number of rotatable bonds is 6. The Morgan fingerprint density at radius 2 is 1.69 bits per heavy atom. The maximum Gasteiger partial charge on any atom is 0.303 e. The molecule has 35 heavy (non-hydrogen) atoms. The predicted octanol–water partition coefficient (Wildman–Crippen LogP) is 5.93. The van der Waals surface area contributed by atoms with Gasteiger partial charge in [0.1, 0.15) is 6.10 Å². The van der Waals surface area contributed by atoms with Gasteiger partial charge in [0.15, 0.2) is 0 Å². The lowest BCUT2D eigenvalue weighted by atomic mass is 9.40. The average molecular weight is 499 g/mol. The normalized spacial score (nSPS) is 46.0. The molecule has 4 aliphatic rings. The number of esters is 1. The van der Waals surface area contributed by atoms with Crippen molar-refractivity contribution in [3.05, 3.63) is 0 Å². The first-order valence-corrected chi connectivity index (χ1v) is 13.7. The highest BCUT2D eigenvalue weighted by molar-refractivity contribution is 5.66. The summed E-state index contributed by atoms with van der Waals surface area (Å²) >= 11 is 0. The third-order valence-electron chi connectivity index (χ3n) is 11.2. The molecular weight excluding hydrogens is 454 g/mol. The lowest BCUT2D eigenvalue weighted by Gasteiger charge is -2.65. The molecule has 11 atom stereocenters. The minimum atomic E-state index is -2.90. The van der Waals surface area contributed by atoms with Crippen LogP contribution in [0.4, 0.5) is 8.78 Å². The highest BCUT2D eigenvalue weighted by atomic mass is 19.3. The Kier molecular flexibility index (Phi) is 7.09. The highest BCUT2D eigenvalue weighted by Gasteiger charge is 2.70. The van der Waals surface area contributed by atoms with Gasteiger partial charge in [-0.2, -0.15) is 0 Å². The second-order valence-electron chi connectivity index (χ2n) is 12.9. The van der Waals surface area contributed by atoms with Gasteiger partial charge in [0.2, 0.25) is 0 Å². The molecular formula is C28H44F2O5. The second-order valence-corrected chi connectivity index (χ2v) is 12.9. The van der Waals surface area contributed by atoms with Crippen LogP contribution in [0.2, 0.25) is 0 Å². The Morgan fingerprint density at radius 1 is 1.03 bits per heavy atom. The van der Waals surface area contributed by atoms with E-state index in [1.807, 2.05) is 6.92 Å². The van der Waals surface area contributed by atoms with Gasteiger partial charge in [-0.05, 0) is 92.3 Å². The van der Waals surface area contributed by atoms with Crippen LogP contribution in [0.25, 0.3) is 0 Å². The number of aliphatic carboxylic acids is 1. The summed E-state index contributed by atoms with van der Waals surface area (Å²) in [5, 5.41) is 21.1. The van der Waals surface area contributed by atoms with Crippen molar-refractivity contribution in [2.24, 2.45) is 52.3 Å². The first-order valence-electron chi connectivity index (χ1n) is 13.7. The minimum absolute atomic E-state index is 0.0144. The number of hydrogen-bond acceptors (Lipinski definition) is 4. The largest absolute Gasteiger partial charge is 0.481 e. The Labute approximate surface area is 208 Å². The zero-order valence-electron chi connectivity index (χ0n) is 21.9. The molecule has 5 nitrogen and oxygen atoms in total. The number of carbonyl (C=O) groups excluding carboxylic acids is 1. The van der Waals surface area contributed by atoms with Crippen LogP contribution in [0.15, 0.2) is 0 Å². The van der Waals surface area contributed by atoms with Gasteiger partial charge in [0, 0.05) is 31.6 Å². The van der Waals surface area contributed by atoms with Crippen LogP contribution in [0.1, 0.15) is 92.4 Å². The molecule has 0 aromatic heterocycles. The van der Waals surface area contributed by atoms with Crippen molar-refractivity contribution in [1.82, 2.24) is 0 Å². The van der Waals surface area contributed by atoms with Crippen LogP contribution in [0, 0.1) is 52.3 Å². The summed E-state index contributed by atoms with van der Waals surface area (Å²) in [6.45, 7) is 9.43. The first-order chi connectivity index (χ1) is 16.2. The molecule has 2 unspecified atom stereocenters. The summed E-state index contributed by atoms with van der Waals surface area (Å²) in [7, 11) is 0. The molecule has 0 aromatic rings. The lowest BCUT2D eigenvalue weighted by molar-refractivity contribution is -0.272. The number of halogens is 2. The van der Waals surface area contributed by atoms with Gasteiger partial charge in [0.05, 0.1) is 6.10 Å². The zero-order valence-corrected chi connectivity index (χ0v) is 21.9. The van der Waals surface area contributed by atoms with E-state index < -0.39 is 47.3 Å². The van der Waals surface area contributed by atoms with Gasteiger partial charge < -0.3 is 14.9 Å². The smallest absolute Gasteiger partial charge is 0.303 e. The fourth-order valence-corrected chi connectivity index (χ4v) is 9.95. The van der Waals surface area contributed by atoms with E-state index >= 15 is 8.78 Å². The summed E-state index contributed by atoms with van der Waals surface area (Å²) in [6, 6.07) is 0. The van der Waals surface area contributed by atoms with Crippen LogP contribution in [0.5, 0.6) is 0 Å². The number of ether oxygens (including phenoxy) is 1. The monoisotopic (exact) mass is 498 g/mol. The van der Waals surface area contributed by atoms with Crippen LogP contribution >= 0.6 is 0 Å². The van der Waals surface area contributed by atoms with E-state index in [-0.39, 0.29) is 41.9 Å². The molecule has 0 bridgehead atoms. The van der Waals surface area contributed by atoms with Gasteiger partial charge in [-0.1, -0.05) is 20.8 Å². The molecule has 0 amide bonds. The zero-order chi connectivity index (χ0) is 25.9. The van der Waals surface area contributed by atoms with E-state index in [4.69, 9.17) is 4.74 Å². The van der Waals surface area contributed by atoms with Crippen LogP contribution in [-0.2, 0) is 14.3 Å². The van der Waals surface area contributed by atoms with Gasteiger partial charge >= 0.3 is 11.9 Å². The summed E-state index contributed by atoms with van der Waals surface area (Å²) in [5.74, 6) is -5.26. The molecule has 0 spiro atoms. The van der Waals surface area contributed by atoms with E-state index in [0.717, 1.165) is 25.7 Å². The van der Waals surface area contributed by atoms with E-state index in [1.54, 1.807) is 6.92 Å². The van der Waals surface area contributed by atoms with E-state index in [1.165, 1.54) is 6.92 Å². The first kappa shape index (κ1) is 26.8. The molecule has 2 N–H and O–H groups in total. The second kappa shape index (κ2) is 9.25. The molecule has 4 rings (SSSR count). The summed E-state index contributed by atoms with van der Waals surface area (Å²) in [6.07, 6.45) is 3.75. The summed E-state index contributed by atoms with van der Waals surface area (Å²) in [5.41, 5.74) is -0.658. The Hall–Kier alpha value is -1.24. The number of fused-ring (bicyclic) bond motifs is 5. The molecule has 7 heteroatoms. The topological polar surface area (TPSA) is 83.8 Å². The molecule has 0 radical (unpaired) electrons. The maximum atomic E-state index is 15.6. The van der Waals surface area contributed by atoms with Crippen molar-refractivity contribution in [3.8, 4) is 0 Å². The molecule has 4 saturated carbocycles. The van der Waals surface area contributed by atoms with Crippen molar-refractivity contribution >= 4 is 11.9 Å². The molecule has 0 aromatic carbocycles. The van der Waals surface area contributed by atoms with Crippen molar-refractivity contribution in [2.75, 3.05) is 0 Å². The third-order valence-corrected chi connectivity index (χ3v) is 11.2. The Morgan fingerprint density at radius 3 is 2.31 bits per heavy atom. The molecule has 200 valence electrons. The van der Waals surface area contributed by atoms with Crippen molar-refractivity contribution in [2.45, 2.75) is 111 Å². The SMILES string of the molecule is CC(=O)OC(C)[C@H]1[C@@H](O)[C@@H]2[C@H](CC[C@]3(C)[C@@H](C(C)CCC(=O)O)CC[C@@H]23)[C@@]2(C)CCCC(F)(F)[C@@H]12. The van der Waals surface area contributed by atoms with Crippen LogP contribution in [-0.4, -0.2) is 40.3 Å². The van der Waals surface area contributed by atoms with Gasteiger partial charge in [-0.3, -0.25) is 9.59 Å². The van der Waals surface area contributed by atoms with Crippen LogP contribution in [0.3, 0.4) is 0 Å².